The van der Waals surface area contributed by atoms with Crippen LogP contribution in [0, 0.1) is 28.6 Å². The van der Waals surface area contributed by atoms with Gasteiger partial charge in [0.2, 0.25) is 0 Å². The number of rotatable bonds is 1. The van der Waals surface area contributed by atoms with Gasteiger partial charge >= 0.3 is 0 Å². The molecule has 0 aromatic rings. The van der Waals surface area contributed by atoms with Gasteiger partial charge in [-0.25, -0.2) is 0 Å². The Morgan fingerprint density at radius 1 is 1.05 bits per heavy atom. The maximum Gasteiger partial charge on any atom is 0.0655 e. The summed E-state index contributed by atoms with van der Waals surface area (Å²) in [6.45, 7) is 13.1. The molecule has 0 unspecified atom stereocenters. The number of aliphatic hydroxyl groups excluding tert-OH is 1. The number of aliphatic hydroxyl groups is 2. The maximum absolute atomic E-state index is 11.1. The second-order valence-electron chi connectivity index (χ2n) is 9.46. The normalized spacial score (nSPS) is 55.2. The van der Waals surface area contributed by atoms with E-state index in [1.807, 2.05) is 6.92 Å². The molecule has 2 nitrogen and oxygen atoms in total. The van der Waals surface area contributed by atoms with E-state index in [1.54, 1.807) is 0 Å². The lowest BCUT2D eigenvalue weighted by Crippen LogP contribution is -2.55. The molecule has 2 heteroatoms. The Kier molecular flexibility index (Phi) is 3.81. The Labute approximate surface area is 136 Å². The molecule has 22 heavy (non-hydrogen) atoms. The number of hydrogen-bond acceptors (Lipinski definition) is 2. The van der Waals surface area contributed by atoms with E-state index in [2.05, 4.69) is 27.4 Å². The molecule has 3 aliphatic carbocycles. The highest BCUT2D eigenvalue weighted by Crippen LogP contribution is 2.63. The van der Waals surface area contributed by atoms with Crippen LogP contribution in [0.1, 0.15) is 72.6 Å². The molecule has 0 spiro atoms. The van der Waals surface area contributed by atoms with Gasteiger partial charge in [-0.3, -0.25) is 0 Å². The predicted octanol–water partition coefficient (Wildman–Crippen LogP) is 4.31. The van der Waals surface area contributed by atoms with Crippen molar-refractivity contribution in [1.29, 1.82) is 0 Å². The van der Waals surface area contributed by atoms with Crippen LogP contribution in [0.2, 0.25) is 0 Å². The molecular formula is C20H34O2. The number of hydrogen-bond donors (Lipinski definition) is 2. The fraction of sp³-hybridized carbons (Fsp3) is 0.900. The van der Waals surface area contributed by atoms with Crippen LogP contribution >= 0.6 is 0 Å². The summed E-state index contributed by atoms with van der Waals surface area (Å²) in [5.41, 5.74) is 0.866. The van der Waals surface area contributed by atoms with Gasteiger partial charge in [0, 0.05) is 0 Å². The van der Waals surface area contributed by atoms with Crippen LogP contribution in [-0.4, -0.2) is 21.9 Å². The SMILES string of the molecule is C=C(C)[C@@H]1CC[C@]2(C)C[C@H]3[C@](C)(CC[C@@H]12)[C@@H](O)CC[C@]3(C)O. The highest BCUT2D eigenvalue weighted by Gasteiger charge is 2.59. The molecule has 0 aromatic heterocycles. The van der Waals surface area contributed by atoms with Gasteiger partial charge in [0.25, 0.3) is 0 Å². The Bertz CT molecular complexity index is 468. The zero-order valence-corrected chi connectivity index (χ0v) is 14.9. The third-order valence-corrected chi connectivity index (χ3v) is 7.94. The summed E-state index contributed by atoms with van der Waals surface area (Å²) in [5, 5.41) is 21.8. The van der Waals surface area contributed by atoms with Gasteiger partial charge < -0.3 is 10.2 Å². The van der Waals surface area contributed by atoms with Crippen molar-refractivity contribution in [3.05, 3.63) is 12.2 Å². The molecule has 3 fully saturated rings. The second-order valence-corrected chi connectivity index (χ2v) is 9.46. The fourth-order valence-corrected chi connectivity index (χ4v) is 6.35. The largest absolute Gasteiger partial charge is 0.393 e. The standard InChI is InChI=1S/C20H34O2/c1-13(2)14-6-9-18(3)12-16-19(4,10-7-15(14)18)17(21)8-11-20(16,5)22/h14-17,21-22H,1,6-12H2,2-5H3/t14-,15-,16-,17-,18+,19-,20-/m0/s1. The molecule has 2 N–H and O–H groups in total. The van der Waals surface area contributed by atoms with Gasteiger partial charge in [-0.2, -0.15) is 0 Å². The minimum absolute atomic E-state index is 0.130. The summed E-state index contributed by atoms with van der Waals surface area (Å²) in [6.07, 6.45) is 6.99. The van der Waals surface area contributed by atoms with Crippen LogP contribution in [0.15, 0.2) is 12.2 Å². The first-order valence-corrected chi connectivity index (χ1v) is 9.16. The van der Waals surface area contributed by atoms with Gasteiger partial charge in [0.15, 0.2) is 0 Å². The zero-order valence-electron chi connectivity index (χ0n) is 14.9. The zero-order chi connectivity index (χ0) is 16.3. The number of allylic oxidation sites excluding steroid dienone is 1. The van der Waals surface area contributed by atoms with Crippen molar-refractivity contribution in [2.75, 3.05) is 0 Å². The lowest BCUT2D eigenvalue weighted by atomic mass is 9.56. The van der Waals surface area contributed by atoms with E-state index in [-0.39, 0.29) is 17.4 Å². The molecule has 3 rings (SSSR count). The molecule has 126 valence electrons. The third kappa shape index (κ3) is 2.29. The molecule has 0 bridgehead atoms. The van der Waals surface area contributed by atoms with Crippen molar-refractivity contribution in [2.45, 2.75) is 84.3 Å². The average Bonchev–Trinajstić information content (AvgIpc) is 2.69. The summed E-state index contributed by atoms with van der Waals surface area (Å²) >= 11 is 0. The fourth-order valence-electron chi connectivity index (χ4n) is 6.35. The molecule has 0 saturated heterocycles. The first kappa shape index (κ1) is 16.5. The Morgan fingerprint density at radius 2 is 1.73 bits per heavy atom. The van der Waals surface area contributed by atoms with Crippen molar-refractivity contribution in [3.8, 4) is 0 Å². The highest BCUT2D eigenvalue weighted by atomic mass is 16.3. The molecule has 0 radical (unpaired) electrons. The first-order chi connectivity index (χ1) is 10.1. The molecule has 3 aliphatic rings. The van der Waals surface area contributed by atoms with E-state index in [9.17, 15) is 10.2 Å². The van der Waals surface area contributed by atoms with Gasteiger partial charge in [-0.15, -0.1) is 0 Å². The van der Waals surface area contributed by atoms with Gasteiger partial charge in [-0.1, -0.05) is 26.0 Å². The van der Waals surface area contributed by atoms with Crippen molar-refractivity contribution >= 4 is 0 Å². The molecule has 0 heterocycles. The Morgan fingerprint density at radius 3 is 2.36 bits per heavy atom. The molecule has 0 amide bonds. The van der Waals surface area contributed by atoms with Crippen molar-refractivity contribution < 1.29 is 10.2 Å². The monoisotopic (exact) mass is 306 g/mol. The molecule has 0 aliphatic heterocycles. The van der Waals surface area contributed by atoms with E-state index in [4.69, 9.17) is 0 Å². The minimum atomic E-state index is -0.632. The van der Waals surface area contributed by atoms with E-state index >= 15 is 0 Å². The lowest BCUT2D eigenvalue weighted by Gasteiger charge is -2.53. The predicted molar refractivity (Wildman–Crippen MR) is 90.4 cm³/mol. The van der Waals surface area contributed by atoms with Crippen molar-refractivity contribution in [1.82, 2.24) is 0 Å². The molecule has 0 aromatic carbocycles. The van der Waals surface area contributed by atoms with Crippen molar-refractivity contribution in [2.24, 2.45) is 28.6 Å². The summed E-state index contributed by atoms with van der Waals surface area (Å²) in [5.74, 6) is 1.52. The van der Waals surface area contributed by atoms with E-state index in [1.165, 1.54) is 24.8 Å². The summed E-state index contributed by atoms with van der Waals surface area (Å²) in [7, 11) is 0. The second kappa shape index (κ2) is 5.08. The summed E-state index contributed by atoms with van der Waals surface area (Å²) in [4.78, 5) is 0. The average molecular weight is 306 g/mol. The Hall–Kier alpha value is -0.340. The van der Waals surface area contributed by atoms with Crippen LogP contribution in [0.4, 0.5) is 0 Å². The molecule has 3 saturated carbocycles. The van der Waals surface area contributed by atoms with Crippen LogP contribution in [-0.2, 0) is 0 Å². The van der Waals surface area contributed by atoms with Gasteiger partial charge in [0.1, 0.15) is 0 Å². The molecule has 7 atom stereocenters. The first-order valence-electron chi connectivity index (χ1n) is 9.16. The Balaban J connectivity index is 1.98. The summed E-state index contributed by atoms with van der Waals surface area (Å²) < 4.78 is 0. The van der Waals surface area contributed by atoms with Crippen LogP contribution in [0.5, 0.6) is 0 Å². The van der Waals surface area contributed by atoms with Gasteiger partial charge in [-0.05, 0) is 87.4 Å². The minimum Gasteiger partial charge on any atom is -0.393 e. The van der Waals surface area contributed by atoms with Crippen molar-refractivity contribution in [3.63, 3.8) is 0 Å². The third-order valence-electron chi connectivity index (χ3n) is 7.94. The topological polar surface area (TPSA) is 40.5 Å². The van der Waals surface area contributed by atoms with E-state index in [0.717, 1.165) is 25.7 Å². The molecular weight excluding hydrogens is 272 g/mol. The maximum atomic E-state index is 11.1. The number of fused-ring (bicyclic) bond motifs is 2. The smallest absolute Gasteiger partial charge is 0.0655 e. The van der Waals surface area contributed by atoms with E-state index < -0.39 is 5.60 Å². The highest BCUT2D eigenvalue weighted by molar-refractivity contribution is 5.13. The quantitative estimate of drug-likeness (QED) is 0.709. The van der Waals surface area contributed by atoms with Crippen LogP contribution < -0.4 is 0 Å². The van der Waals surface area contributed by atoms with Crippen LogP contribution in [0.25, 0.3) is 0 Å². The van der Waals surface area contributed by atoms with Crippen LogP contribution in [0.3, 0.4) is 0 Å². The van der Waals surface area contributed by atoms with E-state index in [0.29, 0.717) is 17.3 Å². The van der Waals surface area contributed by atoms with Gasteiger partial charge in [0.05, 0.1) is 11.7 Å². The summed E-state index contributed by atoms with van der Waals surface area (Å²) in [6, 6.07) is 0. The lowest BCUT2D eigenvalue weighted by molar-refractivity contribution is -0.158.